The molecule has 1 atom stereocenters. The zero-order valence-corrected chi connectivity index (χ0v) is 11.1. The molecule has 1 saturated heterocycles. The second kappa shape index (κ2) is 5.12. The Kier molecular flexibility index (Phi) is 3.45. The van der Waals surface area contributed by atoms with Crippen LogP contribution in [0.5, 0.6) is 0 Å². The summed E-state index contributed by atoms with van der Waals surface area (Å²) in [5.74, 6) is 0.0477. The van der Waals surface area contributed by atoms with Crippen LogP contribution in [0.15, 0.2) is 12.4 Å². The summed E-state index contributed by atoms with van der Waals surface area (Å²) in [6, 6.07) is 0. The largest absolute Gasteiger partial charge is 0.323 e. The van der Waals surface area contributed by atoms with E-state index >= 15 is 0 Å². The SMILES string of the molecule is O=C(Nc1cnn(CC(F)F)c1)C1CC12CCNCC2. The van der Waals surface area contributed by atoms with Gasteiger partial charge in [0, 0.05) is 12.1 Å². The van der Waals surface area contributed by atoms with Crippen molar-refractivity contribution in [3.63, 3.8) is 0 Å². The fraction of sp³-hybridized carbons (Fsp3) is 0.692. The maximum absolute atomic E-state index is 12.2. The van der Waals surface area contributed by atoms with Gasteiger partial charge in [-0.25, -0.2) is 8.78 Å². The third-order valence-electron chi connectivity index (χ3n) is 4.33. The first-order valence-corrected chi connectivity index (χ1v) is 6.91. The standard InChI is InChI=1S/C13H18F2N4O/c14-11(15)8-19-7-9(6-17-19)18-12(20)10-5-13(10)1-3-16-4-2-13/h6-7,10-11,16H,1-5,8H2,(H,18,20). The maximum Gasteiger partial charge on any atom is 0.257 e. The molecule has 110 valence electrons. The zero-order chi connectivity index (χ0) is 14.2. The third-order valence-corrected chi connectivity index (χ3v) is 4.33. The number of carbonyl (C=O) groups is 1. The predicted octanol–water partition coefficient (Wildman–Crippen LogP) is 1.48. The van der Waals surface area contributed by atoms with E-state index in [4.69, 9.17) is 0 Å². The van der Waals surface area contributed by atoms with Gasteiger partial charge in [0.2, 0.25) is 5.91 Å². The molecule has 1 spiro atoms. The number of hydrogen-bond acceptors (Lipinski definition) is 3. The third kappa shape index (κ3) is 2.67. The van der Waals surface area contributed by atoms with Crippen LogP contribution in [0.2, 0.25) is 0 Å². The molecular formula is C13H18F2N4O. The molecule has 0 bridgehead atoms. The maximum atomic E-state index is 12.2. The summed E-state index contributed by atoms with van der Waals surface area (Å²) >= 11 is 0. The Hall–Kier alpha value is -1.50. The smallest absolute Gasteiger partial charge is 0.257 e. The topological polar surface area (TPSA) is 59.0 Å². The number of piperidine rings is 1. The van der Waals surface area contributed by atoms with Crippen LogP contribution >= 0.6 is 0 Å². The molecule has 1 aromatic heterocycles. The summed E-state index contributed by atoms with van der Waals surface area (Å²) in [5.41, 5.74) is 0.667. The average molecular weight is 284 g/mol. The number of amides is 1. The summed E-state index contributed by atoms with van der Waals surface area (Å²) < 4.78 is 25.6. The summed E-state index contributed by atoms with van der Waals surface area (Å²) in [5, 5.41) is 9.88. The summed E-state index contributed by atoms with van der Waals surface area (Å²) in [4.78, 5) is 12.2. The van der Waals surface area contributed by atoms with Crippen molar-refractivity contribution in [2.45, 2.75) is 32.2 Å². The molecule has 2 aliphatic rings. The molecular weight excluding hydrogens is 266 g/mol. The molecule has 1 saturated carbocycles. The Bertz CT molecular complexity index is 496. The van der Waals surface area contributed by atoms with Gasteiger partial charge in [0.05, 0.1) is 11.9 Å². The van der Waals surface area contributed by atoms with Crippen molar-refractivity contribution in [1.82, 2.24) is 15.1 Å². The van der Waals surface area contributed by atoms with Crippen molar-refractivity contribution in [3.05, 3.63) is 12.4 Å². The lowest BCUT2D eigenvalue weighted by Gasteiger charge is -2.23. The molecule has 1 unspecified atom stereocenters. The van der Waals surface area contributed by atoms with Crippen molar-refractivity contribution in [2.75, 3.05) is 18.4 Å². The minimum absolute atomic E-state index is 0.0107. The highest BCUT2D eigenvalue weighted by Crippen LogP contribution is 2.58. The van der Waals surface area contributed by atoms with E-state index in [0.717, 1.165) is 37.0 Å². The van der Waals surface area contributed by atoms with E-state index in [1.54, 1.807) is 0 Å². The van der Waals surface area contributed by atoms with Crippen LogP contribution in [0, 0.1) is 11.3 Å². The van der Waals surface area contributed by atoms with Gasteiger partial charge in [-0.3, -0.25) is 9.48 Å². The Labute approximate surface area is 115 Å². The molecule has 1 aliphatic heterocycles. The monoisotopic (exact) mass is 284 g/mol. The molecule has 2 N–H and O–H groups in total. The zero-order valence-electron chi connectivity index (χ0n) is 11.1. The fourth-order valence-corrected chi connectivity index (χ4v) is 3.09. The van der Waals surface area contributed by atoms with E-state index in [1.165, 1.54) is 12.4 Å². The Morgan fingerprint density at radius 2 is 2.30 bits per heavy atom. The fourth-order valence-electron chi connectivity index (χ4n) is 3.09. The number of hydrogen-bond donors (Lipinski definition) is 2. The molecule has 2 heterocycles. The van der Waals surface area contributed by atoms with Crippen LogP contribution < -0.4 is 10.6 Å². The Morgan fingerprint density at radius 1 is 1.55 bits per heavy atom. The molecule has 1 aromatic rings. The van der Waals surface area contributed by atoms with Gasteiger partial charge in [-0.15, -0.1) is 0 Å². The first-order valence-electron chi connectivity index (χ1n) is 6.91. The quantitative estimate of drug-likeness (QED) is 0.880. The number of halogens is 2. The first-order chi connectivity index (χ1) is 9.59. The number of alkyl halides is 2. The Balaban J connectivity index is 1.56. The van der Waals surface area contributed by atoms with Crippen molar-refractivity contribution in [3.8, 4) is 0 Å². The molecule has 20 heavy (non-hydrogen) atoms. The molecule has 0 radical (unpaired) electrons. The molecule has 1 aliphatic carbocycles. The minimum Gasteiger partial charge on any atom is -0.323 e. The van der Waals surface area contributed by atoms with Crippen LogP contribution in [-0.4, -0.2) is 35.2 Å². The van der Waals surface area contributed by atoms with E-state index in [2.05, 4.69) is 15.7 Å². The van der Waals surface area contributed by atoms with E-state index in [-0.39, 0.29) is 17.2 Å². The number of rotatable bonds is 4. The van der Waals surface area contributed by atoms with Crippen molar-refractivity contribution in [1.29, 1.82) is 0 Å². The minimum atomic E-state index is -2.44. The van der Waals surface area contributed by atoms with Gasteiger partial charge >= 0.3 is 0 Å². The van der Waals surface area contributed by atoms with Gasteiger partial charge in [-0.05, 0) is 37.8 Å². The first kappa shape index (κ1) is 13.5. The lowest BCUT2D eigenvalue weighted by Crippen LogP contribution is -2.31. The molecule has 2 fully saturated rings. The van der Waals surface area contributed by atoms with E-state index in [9.17, 15) is 13.6 Å². The molecule has 7 heteroatoms. The van der Waals surface area contributed by atoms with E-state index in [1.807, 2.05) is 0 Å². The summed E-state index contributed by atoms with van der Waals surface area (Å²) in [6.07, 6.45) is 3.43. The summed E-state index contributed by atoms with van der Waals surface area (Å²) in [7, 11) is 0. The highest BCUT2D eigenvalue weighted by atomic mass is 19.3. The number of nitrogens with one attached hydrogen (secondary N) is 2. The van der Waals surface area contributed by atoms with Gasteiger partial charge in [-0.1, -0.05) is 0 Å². The molecule has 5 nitrogen and oxygen atoms in total. The lowest BCUT2D eigenvalue weighted by molar-refractivity contribution is -0.118. The predicted molar refractivity (Wildman–Crippen MR) is 69.5 cm³/mol. The van der Waals surface area contributed by atoms with Crippen molar-refractivity contribution >= 4 is 11.6 Å². The van der Waals surface area contributed by atoms with Crippen LogP contribution in [0.25, 0.3) is 0 Å². The van der Waals surface area contributed by atoms with Crippen LogP contribution in [0.1, 0.15) is 19.3 Å². The number of aromatic nitrogens is 2. The normalized spacial score (nSPS) is 24.1. The highest BCUT2D eigenvalue weighted by Gasteiger charge is 2.57. The summed E-state index contributed by atoms with van der Waals surface area (Å²) in [6.45, 7) is 1.49. The number of anilines is 1. The van der Waals surface area contributed by atoms with Gasteiger partial charge in [0.25, 0.3) is 6.43 Å². The molecule has 1 amide bonds. The lowest BCUT2D eigenvalue weighted by atomic mass is 9.92. The van der Waals surface area contributed by atoms with Crippen LogP contribution in [0.4, 0.5) is 14.5 Å². The van der Waals surface area contributed by atoms with Gasteiger partial charge < -0.3 is 10.6 Å². The second-order valence-electron chi connectivity index (χ2n) is 5.70. The Morgan fingerprint density at radius 3 is 3.00 bits per heavy atom. The molecule has 3 rings (SSSR count). The second-order valence-corrected chi connectivity index (χ2v) is 5.70. The number of carbonyl (C=O) groups excluding carboxylic acids is 1. The molecule has 0 aromatic carbocycles. The average Bonchev–Trinajstić information content (AvgIpc) is 2.91. The van der Waals surface area contributed by atoms with Gasteiger partial charge in [0.1, 0.15) is 6.54 Å². The van der Waals surface area contributed by atoms with E-state index in [0.29, 0.717) is 5.69 Å². The number of nitrogens with zero attached hydrogens (tertiary/aromatic N) is 2. The highest BCUT2D eigenvalue weighted by molar-refractivity contribution is 5.94. The van der Waals surface area contributed by atoms with Crippen LogP contribution in [0.3, 0.4) is 0 Å². The van der Waals surface area contributed by atoms with Crippen molar-refractivity contribution in [2.24, 2.45) is 11.3 Å². The van der Waals surface area contributed by atoms with Gasteiger partial charge in [-0.2, -0.15) is 5.10 Å². The van der Waals surface area contributed by atoms with Crippen molar-refractivity contribution < 1.29 is 13.6 Å². The van der Waals surface area contributed by atoms with E-state index < -0.39 is 13.0 Å². The van der Waals surface area contributed by atoms with Gasteiger partial charge in [0.15, 0.2) is 0 Å². The van der Waals surface area contributed by atoms with Crippen LogP contribution in [-0.2, 0) is 11.3 Å².